The van der Waals surface area contributed by atoms with Crippen molar-refractivity contribution in [3.8, 4) is 0 Å². The Morgan fingerprint density at radius 1 is 1.33 bits per heavy atom. The van der Waals surface area contributed by atoms with Gasteiger partial charge in [-0.25, -0.2) is 17.9 Å². The maximum Gasteiger partial charge on any atom is 0.337 e. The molecule has 1 saturated carbocycles. The average molecular weight is 312 g/mol. The molecule has 6 nitrogen and oxygen atoms in total. The first-order chi connectivity index (χ1) is 9.77. The molecule has 1 fully saturated rings. The molecule has 0 unspecified atom stereocenters. The van der Waals surface area contributed by atoms with Crippen LogP contribution >= 0.6 is 0 Å². The summed E-state index contributed by atoms with van der Waals surface area (Å²) < 4.78 is 32.2. The Bertz CT molecular complexity index is 649. The number of carbonyl (C=O) groups is 1. The van der Waals surface area contributed by atoms with Gasteiger partial charge in [0.2, 0.25) is 10.0 Å². The lowest BCUT2D eigenvalue weighted by Gasteiger charge is -2.25. The monoisotopic (exact) mass is 312 g/mol. The number of sulfonamides is 1. The van der Waals surface area contributed by atoms with Gasteiger partial charge in [-0.1, -0.05) is 12.8 Å². The molecule has 0 amide bonds. The Hall–Kier alpha value is -1.60. The number of carbonyl (C=O) groups excluding carboxylic acids is 1. The van der Waals surface area contributed by atoms with Crippen LogP contribution in [0.5, 0.6) is 0 Å². The van der Waals surface area contributed by atoms with Crippen LogP contribution in [0.25, 0.3) is 0 Å². The van der Waals surface area contributed by atoms with Gasteiger partial charge in [0.1, 0.15) is 4.90 Å². The van der Waals surface area contributed by atoms with Crippen molar-refractivity contribution in [1.82, 2.24) is 4.72 Å². The van der Waals surface area contributed by atoms with Crippen molar-refractivity contribution in [3.05, 3.63) is 23.8 Å². The van der Waals surface area contributed by atoms with Crippen molar-refractivity contribution >= 4 is 21.7 Å². The maximum absolute atomic E-state index is 12.5. The number of hydrogen-bond acceptors (Lipinski definition) is 5. The first-order valence-corrected chi connectivity index (χ1v) is 8.28. The fourth-order valence-corrected chi connectivity index (χ4v) is 4.25. The predicted octanol–water partition coefficient (Wildman–Crippen LogP) is 1.67. The topological polar surface area (TPSA) is 98.5 Å². The lowest BCUT2D eigenvalue weighted by Crippen LogP contribution is -2.43. The minimum atomic E-state index is -3.71. The smallest absolute Gasteiger partial charge is 0.337 e. The van der Waals surface area contributed by atoms with Crippen LogP contribution in [0.15, 0.2) is 23.1 Å². The molecule has 0 heterocycles. The standard InChI is InChI=1S/C14H20N2O4S/c1-14(7-3-4-8-14)16-21(18,19)12-6-5-10(9-11(12)15)13(17)20-2/h5-6,9,16H,3-4,7-8,15H2,1-2H3. The van der Waals surface area contributed by atoms with E-state index in [1.807, 2.05) is 6.92 Å². The fraction of sp³-hybridized carbons (Fsp3) is 0.500. The van der Waals surface area contributed by atoms with Crippen LogP contribution < -0.4 is 10.5 Å². The number of methoxy groups -OCH3 is 1. The number of nitrogens with two attached hydrogens (primary N) is 1. The number of benzene rings is 1. The van der Waals surface area contributed by atoms with Gasteiger partial charge < -0.3 is 10.5 Å². The number of esters is 1. The van der Waals surface area contributed by atoms with Gasteiger partial charge in [-0.15, -0.1) is 0 Å². The summed E-state index contributed by atoms with van der Waals surface area (Å²) in [4.78, 5) is 11.4. The van der Waals surface area contributed by atoms with Crippen molar-refractivity contribution < 1.29 is 17.9 Å². The molecule has 0 radical (unpaired) electrons. The van der Waals surface area contributed by atoms with Crippen LogP contribution in [-0.4, -0.2) is 27.0 Å². The van der Waals surface area contributed by atoms with Gasteiger partial charge in [0.05, 0.1) is 18.4 Å². The highest BCUT2D eigenvalue weighted by Crippen LogP contribution is 2.31. The Balaban J connectivity index is 2.30. The maximum atomic E-state index is 12.5. The zero-order chi connectivity index (χ0) is 15.7. The van der Waals surface area contributed by atoms with Crippen molar-refractivity contribution in [1.29, 1.82) is 0 Å². The third-order valence-corrected chi connectivity index (χ3v) is 5.52. The molecule has 3 N–H and O–H groups in total. The van der Waals surface area contributed by atoms with Crippen molar-refractivity contribution in [2.45, 2.75) is 43.0 Å². The summed E-state index contributed by atoms with van der Waals surface area (Å²) in [6, 6.07) is 4.05. The summed E-state index contributed by atoms with van der Waals surface area (Å²) in [5.41, 5.74) is 5.62. The molecule has 21 heavy (non-hydrogen) atoms. The second-order valence-corrected chi connectivity index (χ2v) is 7.27. The minimum Gasteiger partial charge on any atom is -0.465 e. The molecule has 0 aromatic heterocycles. The summed E-state index contributed by atoms with van der Waals surface area (Å²) in [7, 11) is -2.45. The van der Waals surface area contributed by atoms with Crippen LogP contribution in [0, 0.1) is 0 Å². The normalized spacial score (nSPS) is 17.6. The molecular weight excluding hydrogens is 292 g/mol. The van der Waals surface area contributed by atoms with Gasteiger partial charge in [0.25, 0.3) is 0 Å². The largest absolute Gasteiger partial charge is 0.465 e. The molecule has 1 aromatic carbocycles. The summed E-state index contributed by atoms with van der Waals surface area (Å²) in [6.07, 6.45) is 3.64. The zero-order valence-electron chi connectivity index (χ0n) is 12.2. The number of anilines is 1. The minimum absolute atomic E-state index is 0.0109. The molecular formula is C14H20N2O4S. The molecule has 0 bridgehead atoms. The lowest BCUT2D eigenvalue weighted by molar-refractivity contribution is 0.0600. The average Bonchev–Trinajstić information content (AvgIpc) is 2.82. The van der Waals surface area contributed by atoms with Crippen molar-refractivity contribution in [2.75, 3.05) is 12.8 Å². The Labute approximate surface area is 124 Å². The second kappa shape index (κ2) is 5.65. The van der Waals surface area contributed by atoms with E-state index in [9.17, 15) is 13.2 Å². The third kappa shape index (κ3) is 3.36. The van der Waals surface area contributed by atoms with Crippen LogP contribution in [0.3, 0.4) is 0 Å². The van der Waals surface area contributed by atoms with E-state index < -0.39 is 21.5 Å². The van der Waals surface area contributed by atoms with E-state index in [0.29, 0.717) is 0 Å². The molecule has 1 aromatic rings. The lowest BCUT2D eigenvalue weighted by atomic mass is 10.0. The molecule has 7 heteroatoms. The Morgan fingerprint density at radius 2 is 1.95 bits per heavy atom. The van der Waals surface area contributed by atoms with Gasteiger partial charge in [-0.05, 0) is 38.0 Å². The molecule has 0 atom stereocenters. The van der Waals surface area contributed by atoms with E-state index in [1.54, 1.807) is 0 Å². The summed E-state index contributed by atoms with van der Waals surface area (Å²) >= 11 is 0. The number of hydrogen-bond donors (Lipinski definition) is 2. The number of nitrogen functional groups attached to an aromatic ring is 1. The predicted molar refractivity (Wildman–Crippen MR) is 79.4 cm³/mol. The van der Waals surface area contributed by atoms with Gasteiger partial charge in [-0.2, -0.15) is 0 Å². The SMILES string of the molecule is COC(=O)c1ccc(S(=O)(=O)NC2(C)CCCC2)c(N)c1. The van der Waals surface area contributed by atoms with E-state index in [2.05, 4.69) is 9.46 Å². The molecule has 116 valence electrons. The van der Waals surface area contributed by atoms with Crippen molar-refractivity contribution in [3.63, 3.8) is 0 Å². The van der Waals surface area contributed by atoms with E-state index in [1.165, 1.54) is 25.3 Å². The van der Waals surface area contributed by atoms with Gasteiger partial charge in [0, 0.05) is 5.54 Å². The molecule has 1 aliphatic carbocycles. The number of rotatable bonds is 4. The number of ether oxygens (including phenoxy) is 1. The van der Waals surface area contributed by atoms with Gasteiger partial charge in [-0.3, -0.25) is 0 Å². The second-order valence-electron chi connectivity index (χ2n) is 5.62. The highest BCUT2D eigenvalue weighted by Gasteiger charge is 2.34. The van der Waals surface area contributed by atoms with Crippen molar-refractivity contribution in [2.24, 2.45) is 0 Å². The summed E-state index contributed by atoms with van der Waals surface area (Å²) in [5, 5.41) is 0. The van der Waals surface area contributed by atoms with E-state index in [-0.39, 0.29) is 16.1 Å². The Morgan fingerprint density at radius 3 is 2.48 bits per heavy atom. The molecule has 0 saturated heterocycles. The van der Waals surface area contributed by atoms with E-state index in [4.69, 9.17) is 5.73 Å². The van der Waals surface area contributed by atoms with Crippen LogP contribution in [0.1, 0.15) is 43.0 Å². The van der Waals surface area contributed by atoms with Crippen LogP contribution in [-0.2, 0) is 14.8 Å². The third-order valence-electron chi connectivity index (χ3n) is 3.81. The van der Waals surface area contributed by atoms with E-state index in [0.717, 1.165) is 25.7 Å². The highest BCUT2D eigenvalue weighted by molar-refractivity contribution is 7.89. The fourth-order valence-electron chi connectivity index (χ4n) is 2.67. The first-order valence-electron chi connectivity index (χ1n) is 6.79. The van der Waals surface area contributed by atoms with Crippen LogP contribution in [0.2, 0.25) is 0 Å². The summed E-state index contributed by atoms with van der Waals surface area (Å²) in [5.74, 6) is -0.554. The first kappa shape index (κ1) is 15.8. The number of nitrogens with one attached hydrogen (secondary N) is 1. The summed E-state index contributed by atoms with van der Waals surface area (Å²) in [6.45, 7) is 1.90. The Kier molecular flexibility index (Phi) is 4.25. The molecule has 0 spiro atoms. The van der Waals surface area contributed by atoms with Crippen LogP contribution in [0.4, 0.5) is 5.69 Å². The molecule has 2 rings (SSSR count). The zero-order valence-corrected chi connectivity index (χ0v) is 13.0. The molecule has 0 aliphatic heterocycles. The quantitative estimate of drug-likeness (QED) is 0.651. The van der Waals surface area contributed by atoms with Gasteiger partial charge >= 0.3 is 5.97 Å². The molecule has 1 aliphatic rings. The van der Waals surface area contributed by atoms with Gasteiger partial charge in [0.15, 0.2) is 0 Å². The van der Waals surface area contributed by atoms with E-state index >= 15 is 0 Å². The highest BCUT2D eigenvalue weighted by atomic mass is 32.2.